The molecule has 0 aromatic carbocycles. The highest BCUT2D eigenvalue weighted by Crippen LogP contribution is 2.68. The first-order valence-corrected chi connectivity index (χ1v) is 18.5. The van der Waals surface area contributed by atoms with Crippen molar-refractivity contribution in [3.8, 4) is 0 Å². The summed E-state index contributed by atoms with van der Waals surface area (Å²) in [4.78, 5) is 13.9. The van der Waals surface area contributed by atoms with Crippen LogP contribution in [0.25, 0.3) is 0 Å². The lowest BCUT2D eigenvalue weighted by Crippen LogP contribution is -2.55. The van der Waals surface area contributed by atoms with Gasteiger partial charge in [-0.25, -0.2) is 0 Å². The largest absolute Gasteiger partial charge is 0.541 e. The lowest BCUT2D eigenvalue weighted by atomic mass is 9.45. The van der Waals surface area contributed by atoms with Crippen molar-refractivity contribution in [1.29, 1.82) is 0 Å². The van der Waals surface area contributed by atoms with Gasteiger partial charge in [0.2, 0.25) is 0 Å². The van der Waals surface area contributed by atoms with E-state index in [1.165, 1.54) is 51.4 Å². The summed E-state index contributed by atoms with van der Waals surface area (Å²) >= 11 is 0. The van der Waals surface area contributed by atoms with Crippen molar-refractivity contribution in [2.75, 3.05) is 0 Å². The standard InChI is InChI=1S/C33H58O2Si/c1-22(2)12-11-13-23(3)25-16-17-26-24-14-15-28-30(34)29(35-36(9,10)31(4,5)6)19-21-33(28,8)27(24)18-20-32(25,26)7/h19,22-28H,11-18,20-21H2,1-10H3/t23-,24+,25-,26+,27+,28+,32-,33-/m1/s1. The van der Waals surface area contributed by atoms with Gasteiger partial charge in [-0.1, -0.05) is 74.7 Å². The van der Waals surface area contributed by atoms with Crippen molar-refractivity contribution < 1.29 is 9.22 Å². The molecule has 4 aliphatic carbocycles. The molecule has 4 aliphatic rings. The van der Waals surface area contributed by atoms with Gasteiger partial charge in [0, 0.05) is 5.92 Å². The molecule has 0 bridgehead atoms. The molecular weight excluding hydrogens is 456 g/mol. The predicted molar refractivity (Wildman–Crippen MR) is 155 cm³/mol. The Hall–Kier alpha value is -0.573. The van der Waals surface area contributed by atoms with E-state index in [9.17, 15) is 4.79 Å². The molecule has 0 aromatic rings. The maximum Gasteiger partial charge on any atom is 0.250 e. The van der Waals surface area contributed by atoms with E-state index in [0.29, 0.717) is 17.1 Å². The van der Waals surface area contributed by atoms with Gasteiger partial charge in [0.25, 0.3) is 8.32 Å². The SMILES string of the molecule is CC(C)CCC[C@@H](C)[C@H]1CC[C@H]2[C@@H]3CC[C@H]4C(=O)C(O[Si](C)(C)C(C)(C)C)=CC[C@]4(C)[C@H]3CC[C@]12C. The van der Waals surface area contributed by atoms with Crippen molar-refractivity contribution in [2.45, 2.75) is 138 Å². The zero-order valence-corrected chi connectivity index (χ0v) is 26.5. The first-order valence-electron chi connectivity index (χ1n) is 15.5. The molecule has 206 valence electrons. The molecule has 0 N–H and O–H groups in total. The second-order valence-corrected chi connectivity index (χ2v) is 20.8. The van der Waals surface area contributed by atoms with Crippen LogP contribution in [0.1, 0.15) is 120 Å². The zero-order chi connectivity index (χ0) is 26.7. The van der Waals surface area contributed by atoms with Crippen molar-refractivity contribution in [3.05, 3.63) is 11.8 Å². The van der Waals surface area contributed by atoms with Gasteiger partial charge >= 0.3 is 0 Å². The summed E-state index contributed by atoms with van der Waals surface area (Å²) < 4.78 is 6.61. The molecule has 0 spiro atoms. The Bertz CT molecular complexity index is 850. The van der Waals surface area contributed by atoms with Gasteiger partial charge in [-0.2, -0.15) is 0 Å². The highest BCUT2D eigenvalue weighted by atomic mass is 28.4. The molecule has 0 saturated heterocycles. The van der Waals surface area contributed by atoms with Crippen molar-refractivity contribution in [3.63, 3.8) is 0 Å². The van der Waals surface area contributed by atoms with Crippen LogP contribution in [0.5, 0.6) is 0 Å². The van der Waals surface area contributed by atoms with E-state index in [1.54, 1.807) is 0 Å². The van der Waals surface area contributed by atoms with E-state index in [4.69, 9.17) is 4.43 Å². The minimum Gasteiger partial charge on any atom is -0.541 e. The minimum absolute atomic E-state index is 0.116. The van der Waals surface area contributed by atoms with Gasteiger partial charge in [0.15, 0.2) is 5.78 Å². The minimum atomic E-state index is -2.00. The Kier molecular flexibility index (Phi) is 7.80. The van der Waals surface area contributed by atoms with Crippen molar-refractivity contribution in [1.82, 2.24) is 0 Å². The summed E-state index contributed by atoms with van der Waals surface area (Å²) in [6, 6.07) is 0. The number of hydrogen-bond donors (Lipinski definition) is 0. The van der Waals surface area contributed by atoms with Gasteiger partial charge in [0.1, 0.15) is 5.76 Å². The molecule has 3 heteroatoms. The average Bonchev–Trinajstić information content (AvgIpc) is 3.12. The number of allylic oxidation sites excluding steroid dienone is 2. The highest BCUT2D eigenvalue weighted by Gasteiger charge is 2.61. The maximum absolute atomic E-state index is 13.9. The third kappa shape index (κ3) is 4.82. The highest BCUT2D eigenvalue weighted by molar-refractivity contribution is 6.74. The van der Waals surface area contributed by atoms with E-state index < -0.39 is 8.32 Å². The molecule has 0 unspecified atom stereocenters. The van der Waals surface area contributed by atoms with E-state index in [2.05, 4.69) is 74.6 Å². The fourth-order valence-corrected chi connectivity index (χ4v) is 10.3. The summed E-state index contributed by atoms with van der Waals surface area (Å²) in [5.41, 5.74) is 0.648. The lowest BCUT2D eigenvalue weighted by Gasteiger charge is -2.60. The Morgan fingerprint density at radius 3 is 2.28 bits per heavy atom. The maximum atomic E-state index is 13.9. The van der Waals surface area contributed by atoms with E-state index in [-0.39, 0.29) is 16.4 Å². The number of carbonyl (C=O) groups is 1. The second-order valence-electron chi connectivity index (χ2n) is 16.0. The van der Waals surface area contributed by atoms with Crippen LogP contribution >= 0.6 is 0 Å². The monoisotopic (exact) mass is 514 g/mol. The molecule has 3 fully saturated rings. The Labute approximate surface area is 224 Å². The third-order valence-electron chi connectivity index (χ3n) is 12.5. The molecule has 3 saturated carbocycles. The predicted octanol–water partition coefficient (Wildman–Crippen LogP) is 9.80. The van der Waals surface area contributed by atoms with Crippen LogP contribution in [0, 0.1) is 52.3 Å². The van der Waals surface area contributed by atoms with Gasteiger partial charge < -0.3 is 4.43 Å². The number of carbonyl (C=O) groups excluding carboxylic acids is 1. The number of ketones is 1. The Balaban J connectivity index is 1.49. The van der Waals surface area contributed by atoms with Crippen LogP contribution < -0.4 is 0 Å². The van der Waals surface area contributed by atoms with Crippen molar-refractivity contribution >= 4 is 14.1 Å². The van der Waals surface area contributed by atoms with Gasteiger partial charge in [-0.3, -0.25) is 4.79 Å². The molecule has 4 rings (SSSR count). The quantitative estimate of drug-likeness (QED) is 0.316. The van der Waals surface area contributed by atoms with E-state index in [0.717, 1.165) is 48.2 Å². The van der Waals surface area contributed by atoms with E-state index in [1.807, 2.05) is 0 Å². The second kappa shape index (κ2) is 9.87. The Morgan fingerprint density at radius 2 is 1.64 bits per heavy atom. The molecular formula is C33H58O2Si. The number of Topliss-reactive ketones (excluding diaryl/α,β-unsaturated/α-hetero) is 1. The number of rotatable bonds is 7. The molecule has 0 heterocycles. The van der Waals surface area contributed by atoms with Crippen LogP contribution in [0.3, 0.4) is 0 Å². The van der Waals surface area contributed by atoms with Gasteiger partial charge in [-0.05, 0) is 115 Å². The fourth-order valence-electron chi connectivity index (χ4n) is 9.31. The molecule has 2 nitrogen and oxygen atoms in total. The normalized spacial score (nSPS) is 39.8. The average molecular weight is 515 g/mol. The molecule has 36 heavy (non-hydrogen) atoms. The summed E-state index contributed by atoms with van der Waals surface area (Å²) in [6.45, 7) is 23.8. The molecule has 0 aromatic heterocycles. The smallest absolute Gasteiger partial charge is 0.250 e. The van der Waals surface area contributed by atoms with Crippen LogP contribution in [-0.4, -0.2) is 14.1 Å². The third-order valence-corrected chi connectivity index (χ3v) is 16.9. The van der Waals surface area contributed by atoms with Crippen LogP contribution in [0.4, 0.5) is 0 Å². The van der Waals surface area contributed by atoms with E-state index >= 15 is 0 Å². The molecule has 0 radical (unpaired) electrons. The Morgan fingerprint density at radius 1 is 0.972 bits per heavy atom. The first kappa shape index (κ1) is 28.4. The van der Waals surface area contributed by atoms with Crippen LogP contribution in [-0.2, 0) is 9.22 Å². The summed E-state index contributed by atoms with van der Waals surface area (Å²) in [7, 11) is -2.00. The number of fused-ring (bicyclic) bond motifs is 5. The van der Waals surface area contributed by atoms with Gasteiger partial charge in [0.05, 0.1) is 0 Å². The van der Waals surface area contributed by atoms with Crippen LogP contribution in [0.2, 0.25) is 18.1 Å². The van der Waals surface area contributed by atoms with Crippen LogP contribution in [0.15, 0.2) is 11.8 Å². The lowest BCUT2D eigenvalue weighted by molar-refractivity contribution is -0.142. The molecule has 0 amide bonds. The molecule has 8 atom stereocenters. The topological polar surface area (TPSA) is 26.3 Å². The van der Waals surface area contributed by atoms with Gasteiger partial charge in [-0.15, -0.1) is 0 Å². The van der Waals surface area contributed by atoms with Crippen molar-refractivity contribution in [2.24, 2.45) is 52.3 Å². The molecule has 0 aliphatic heterocycles. The first-order chi connectivity index (χ1) is 16.6. The summed E-state index contributed by atoms with van der Waals surface area (Å²) in [6.07, 6.45) is 15.4. The number of hydrogen-bond acceptors (Lipinski definition) is 2. The zero-order valence-electron chi connectivity index (χ0n) is 25.5. The summed E-state index contributed by atoms with van der Waals surface area (Å²) in [5.74, 6) is 6.21. The summed E-state index contributed by atoms with van der Waals surface area (Å²) in [5, 5.41) is 0.116. The fraction of sp³-hybridized carbons (Fsp3) is 0.909.